The van der Waals surface area contributed by atoms with Gasteiger partial charge in [-0.3, -0.25) is 0 Å². The number of rotatable bonds is 2. The van der Waals surface area contributed by atoms with Gasteiger partial charge in [0.2, 0.25) is 0 Å². The van der Waals surface area contributed by atoms with E-state index in [0.717, 1.165) is 43.0 Å². The molecule has 4 nitrogen and oxygen atoms in total. The number of hydrogen-bond donors (Lipinski definition) is 1. The van der Waals surface area contributed by atoms with Gasteiger partial charge in [-0.1, -0.05) is 23.7 Å². The van der Waals surface area contributed by atoms with E-state index in [9.17, 15) is 5.11 Å². The van der Waals surface area contributed by atoms with Crippen LogP contribution in [0.5, 0.6) is 0 Å². The lowest BCUT2D eigenvalue weighted by atomic mass is 10.1. The van der Waals surface area contributed by atoms with Crippen molar-refractivity contribution >= 4 is 17.4 Å². The van der Waals surface area contributed by atoms with E-state index in [4.69, 9.17) is 11.6 Å². The Morgan fingerprint density at radius 2 is 1.70 bits per heavy atom. The maximum atomic E-state index is 9.52. The van der Waals surface area contributed by atoms with Crippen LogP contribution < -0.4 is 4.90 Å². The highest BCUT2D eigenvalue weighted by Crippen LogP contribution is 2.22. The van der Waals surface area contributed by atoms with E-state index < -0.39 is 0 Å². The molecule has 1 aliphatic rings. The zero-order chi connectivity index (χ0) is 13.9. The standard InChI is InChI=1S/C15H16ClN3O/c16-12-3-1-11(2-4-12)14-5-6-15(18-17-14)19-9-7-13(20)8-10-19/h1-6,13,20H,7-10H2. The number of aliphatic hydroxyl groups excluding tert-OH is 1. The molecule has 104 valence electrons. The summed E-state index contributed by atoms with van der Waals surface area (Å²) in [6.45, 7) is 1.66. The molecular formula is C15H16ClN3O. The molecule has 2 heterocycles. The van der Waals surface area contributed by atoms with Crippen LogP contribution in [0.1, 0.15) is 12.8 Å². The van der Waals surface area contributed by atoms with Gasteiger partial charge in [0.25, 0.3) is 0 Å². The quantitative estimate of drug-likeness (QED) is 0.923. The molecular weight excluding hydrogens is 274 g/mol. The number of anilines is 1. The predicted octanol–water partition coefficient (Wildman–Crippen LogP) is 2.76. The van der Waals surface area contributed by atoms with Crippen LogP contribution >= 0.6 is 11.6 Å². The van der Waals surface area contributed by atoms with Crippen molar-refractivity contribution in [2.75, 3.05) is 18.0 Å². The summed E-state index contributed by atoms with van der Waals surface area (Å²) in [5.74, 6) is 0.870. The van der Waals surface area contributed by atoms with Gasteiger partial charge in [-0.2, -0.15) is 0 Å². The fraction of sp³-hybridized carbons (Fsp3) is 0.333. The Bertz CT molecular complexity index is 563. The van der Waals surface area contributed by atoms with Crippen LogP contribution in [-0.2, 0) is 0 Å². The van der Waals surface area contributed by atoms with Gasteiger partial charge in [0.05, 0.1) is 11.8 Å². The average Bonchev–Trinajstić information content (AvgIpc) is 2.49. The Labute approximate surface area is 123 Å². The first-order chi connectivity index (χ1) is 9.72. The van der Waals surface area contributed by atoms with Crippen molar-refractivity contribution in [1.82, 2.24) is 10.2 Å². The molecule has 1 N–H and O–H groups in total. The van der Waals surface area contributed by atoms with Crippen molar-refractivity contribution < 1.29 is 5.11 Å². The third-order valence-electron chi connectivity index (χ3n) is 3.58. The highest BCUT2D eigenvalue weighted by atomic mass is 35.5. The Balaban J connectivity index is 1.76. The monoisotopic (exact) mass is 289 g/mol. The summed E-state index contributed by atoms with van der Waals surface area (Å²) >= 11 is 5.87. The summed E-state index contributed by atoms with van der Waals surface area (Å²) < 4.78 is 0. The van der Waals surface area contributed by atoms with Gasteiger partial charge in [0.15, 0.2) is 5.82 Å². The lowest BCUT2D eigenvalue weighted by Crippen LogP contribution is -2.36. The van der Waals surface area contributed by atoms with Crippen LogP contribution in [0.25, 0.3) is 11.3 Å². The summed E-state index contributed by atoms with van der Waals surface area (Å²) in [6, 6.07) is 11.5. The summed E-state index contributed by atoms with van der Waals surface area (Å²) in [5.41, 5.74) is 1.84. The second-order valence-electron chi connectivity index (χ2n) is 5.00. The van der Waals surface area contributed by atoms with E-state index in [2.05, 4.69) is 15.1 Å². The fourth-order valence-electron chi connectivity index (χ4n) is 2.36. The summed E-state index contributed by atoms with van der Waals surface area (Å²) in [6.07, 6.45) is 1.41. The van der Waals surface area contributed by atoms with Crippen molar-refractivity contribution in [2.45, 2.75) is 18.9 Å². The summed E-state index contributed by atoms with van der Waals surface area (Å²) in [7, 11) is 0. The van der Waals surface area contributed by atoms with Gasteiger partial charge in [0, 0.05) is 23.7 Å². The minimum absolute atomic E-state index is 0.174. The predicted molar refractivity (Wildman–Crippen MR) is 79.9 cm³/mol. The van der Waals surface area contributed by atoms with Crippen molar-refractivity contribution in [3.8, 4) is 11.3 Å². The van der Waals surface area contributed by atoms with E-state index >= 15 is 0 Å². The summed E-state index contributed by atoms with van der Waals surface area (Å²) in [5, 5.41) is 18.8. The molecule has 0 spiro atoms. The van der Waals surface area contributed by atoms with Gasteiger partial charge < -0.3 is 10.0 Å². The molecule has 2 aromatic rings. The van der Waals surface area contributed by atoms with Gasteiger partial charge in [-0.05, 0) is 37.1 Å². The smallest absolute Gasteiger partial charge is 0.151 e. The molecule has 3 rings (SSSR count). The number of aromatic nitrogens is 2. The second kappa shape index (κ2) is 5.77. The first-order valence-corrected chi connectivity index (χ1v) is 7.13. The number of piperidine rings is 1. The minimum Gasteiger partial charge on any atom is -0.393 e. The first kappa shape index (κ1) is 13.3. The molecule has 0 amide bonds. The Morgan fingerprint density at radius 3 is 2.30 bits per heavy atom. The van der Waals surface area contributed by atoms with Crippen molar-refractivity contribution in [3.05, 3.63) is 41.4 Å². The third kappa shape index (κ3) is 2.92. The topological polar surface area (TPSA) is 49.2 Å². The van der Waals surface area contributed by atoms with Gasteiger partial charge >= 0.3 is 0 Å². The van der Waals surface area contributed by atoms with Gasteiger partial charge in [-0.15, -0.1) is 10.2 Å². The van der Waals surface area contributed by atoms with E-state index in [1.165, 1.54) is 0 Å². The van der Waals surface area contributed by atoms with Crippen molar-refractivity contribution in [3.63, 3.8) is 0 Å². The molecule has 0 bridgehead atoms. The van der Waals surface area contributed by atoms with E-state index in [1.807, 2.05) is 36.4 Å². The number of halogens is 1. The molecule has 0 saturated carbocycles. The maximum absolute atomic E-state index is 9.52. The molecule has 1 aliphatic heterocycles. The Kier molecular flexibility index (Phi) is 3.85. The van der Waals surface area contributed by atoms with Crippen LogP contribution in [0.3, 0.4) is 0 Å². The van der Waals surface area contributed by atoms with E-state index in [1.54, 1.807) is 0 Å². The Hall–Kier alpha value is -1.65. The normalized spacial score (nSPS) is 16.4. The minimum atomic E-state index is -0.174. The number of aliphatic hydroxyl groups is 1. The van der Waals surface area contributed by atoms with Crippen LogP contribution in [0, 0.1) is 0 Å². The Morgan fingerprint density at radius 1 is 1.00 bits per heavy atom. The fourth-order valence-corrected chi connectivity index (χ4v) is 2.49. The first-order valence-electron chi connectivity index (χ1n) is 6.75. The average molecular weight is 290 g/mol. The molecule has 0 atom stereocenters. The molecule has 1 aromatic heterocycles. The van der Waals surface area contributed by atoms with Crippen LogP contribution in [0.2, 0.25) is 5.02 Å². The van der Waals surface area contributed by atoms with E-state index in [0.29, 0.717) is 5.02 Å². The van der Waals surface area contributed by atoms with Crippen molar-refractivity contribution in [2.24, 2.45) is 0 Å². The molecule has 20 heavy (non-hydrogen) atoms. The SMILES string of the molecule is OC1CCN(c2ccc(-c3ccc(Cl)cc3)nn2)CC1. The lowest BCUT2D eigenvalue weighted by Gasteiger charge is -2.30. The highest BCUT2D eigenvalue weighted by molar-refractivity contribution is 6.30. The van der Waals surface area contributed by atoms with E-state index in [-0.39, 0.29) is 6.10 Å². The highest BCUT2D eigenvalue weighted by Gasteiger charge is 2.18. The molecule has 1 fully saturated rings. The lowest BCUT2D eigenvalue weighted by molar-refractivity contribution is 0.145. The third-order valence-corrected chi connectivity index (χ3v) is 3.83. The molecule has 0 aliphatic carbocycles. The number of benzene rings is 1. The zero-order valence-electron chi connectivity index (χ0n) is 11.0. The van der Waals surface area contributed by atoms with Crippen molar-refractivity contribution in [1.29, 1.82) is 0 Å². The van der Waals surface area contributed by atoms with Crippen LogP contribution in [0.15, 0.2) is 36.4 Å². The van der Waals surface area contributed by atoms with Crippen LogP contribution in [-0.4, -0.2) is 34.5 Å². The van der Waals surface area contributed by atoms with Gasteiger partial charge in [0.1, 0.15) is 0 Å². The van der Waals surface area contributed by atoms with Crippen LogP contribution in [0.4, 0.5) is 5.82 Å². The molecule has 0 radical (unpaired) electrons. The molecule has 1 saturated heterocycles. The summed E-state index contributed by atoms with van der Waals surface area (Å²) in [4.78, 5) is 2.16. The largest absolute Gasteiger partial charge is 0.393 e. The zero-order valence-corrected chi connectivity index (χ0v) is 11.8. The number of hydrogen-bond acceptors (Lipinski definition) is 4. The second-order valence-corrected chi connectivity index (χ2v) is 5.44. The van der Waals surface area contributed by atoms with Gasteiger partial charge in [-0.25, -0.2) is 0 Å². The number of nitrogens with zero attached hydrogens (tertiary/aromatic N) is 3. The molecule has 1 aromatic carbocycles. The molecule has 5 heteroatoms. The maximum Gasteiger partial charge on any atom is 0.151 e. The molecule has 0 unspecified atom stereocenters.